The summed E-state index contributed by atoms with van der Waals surface area (Å²) in [5.41, 5.74) is 10.6. The van der Waals surface area contributed by atoms with Crippen molar-refractivity contribution in [2.45, 2.75) is 30.6 Å². The normalized spacial score (nSPS) is 15.5. The van der Waals surface area contributed by atoms with Crippen LogP contribution in [0.15, 0.2) is 5.16 Å². The van der Waals surface area contributed by atoms with Gasteiger partial charge >= 0.3 is 0 Å². The molecule has 0 unspecified atom stereocenters. The van der Waals surface area contributed by atoms with Crippen LogP contribution in [0.1, 0.15) is 24.7 Å². The Kier molecular flexibility index (Phi) is 2.92. The molecule has 0 spiro atoms. The second kappa shape index (κ2) is 4.19. The highest BCUT2D eigenvalue weighted by atomic mass is 32.2. The van der Waals surface area contributed by atoms with Crippen LogP contribution in [0.2, 0.25) is 0 Å². The number of hydrogen-bond donors (Lipinski definition) is 2. The van der Waals surface area contributed by atoms with Crippen molar-refractivity contribution in [3.63, 3.8) is 0 Å². The highest BCUT2D eigenvalue weighted by Gasteiger charge is 2.29. The van der Waals surface area contributed by atoms with E-state index in [9.17, 15) is 4.79 Å². The molecule has 1 amide bonds. The number of carbonyl (C=O) groups is 1. The first kappa shape index (κ1) is 10.4. The average molecular weight is 227 g/mol. The van der Waals surface area contributed by atoms with Crippen LogP contribution >= 0.6 is 11.8 Å². The fourth-order valence-corrected chi connectivity index (χ4v) is 2.14. The highest BCUT2D eigenvalue weighted by Crippen LogP contribution is 2.38. The molecule has 0 radical (unpaired) electrons. The third-order valence-electron chi connectivity index (χ3n) is 2.17. The lowest BCUT2D eigenvalue weighted by Gasteiger charge is -2.05. The SMILES string of the molecule is NCc1nnc(SCC(N)=O)n1C1CC1. The van der Waals surface area contributed by atoms with Crippen LogP contribution in [-0.2, 0) is 11.3 Å². The minimum absolute atomic E-state index is 0.232. The van der Waals surface area contributed by atoms with Gasteiger partial charge in [-0.2, -0.15) is 0 Å². The number of nitrogens with zero attached hydrogens (tertiary/aromatic N) is 3. The van der Waals surface area contributed by atoms with E-state index < -0.39 is 0 Å². The molecule has 7 heteroatoms. The van der Waals surface area contributed by atoms with Gasteiger partial charge < -0.3 is 16.0 Å². The van der Waals surface area contributed by atoms with E-state index in [4.69, 9.17) is 11.5 Å². The number of amides is 1. The van der Waals surface area contributed by atoms with E-state index in [0.29, 0.717) is 12.6 Å². The van der Waals surface area contributed by atoms with Crippen LogP contribution in [0.25, 0.3) is 0 Å². The third-order valence-corrected chi connectivity index (χ3v) is 3.14. The summed E-state index contributed by atoms with van der Waals surface area (Å²) in [4.78, 5) is 10.7. The summed E-state index contributed by atoms with van der Waals surface area (Å²) in [6.07, 6.45) is 2.27. The highest BCUT2D eigenvalue weighted by molar-refractivity contribution is 7.99. The second-order valence-electron chi connectivity index (χ2n) is 3.46. The van der Waals surface area contributed by atoms with E-state index in [-0.39, 0.29) is 11.7 Å². The van der Waals surface area contributed by atoms with Gasteiger partial charge in [0.05, 0.1) is 12.3 Å². The van der Waals surface area contributed by atoms with Gasteiger partial charge in [-0.25, -0.2) is 0 Å². The summed E-state index contributed by atoms with van der Waals surface area (Å²) in [7, 11) is 0. The molecule has 0 aliphatic heterocycles. The molecule has 6 nitrogen and oxygen atoms in total. The lowest BCUT2D eigenvalue weighted by molar-refractivity contribution is -0.115. The molecule has 0 aromatic carbocycles. The van der Waals surface area contributed by atoms with E-state index in [1.165, 1.54) is 11.8 Å². The standard InChI is InChI=1S/C8H13N5OS/c9-3-7-11-12-8(15-4-6(10)14)13(7)5-1-2-5/h5H,1-4,9H2,(H2,10,14). The van der Waals surface area contributed by atoms with Crippen molar-refractivity contribution < 1.29 is 4.79 Å². The monoisotopic (exact) mass is 227 g/mol. The molecule has 0 bridgehead atoms. The average Bonchev–Trinajstić information content (AvgIpc) is 2.96. The molecule has 1 saturated carbocycles. The minimum Gasteiger partial charge on any atom is -0.369 e. The van der Waals surface area contributed by atoms with Crippen LogP contribution in [0, 0.1) is 0 Å². The van der Waals surface area contributed by atoms with Crippen LogP contribution in [0.4, 0.5) is 0 Å². The Balaban J connectivity index is 2.15. The van der Waals surface area contributed by atoms with Crippen LogP contribution < -0.4 is 11.5 Å². The lowest BCUT2D eigenvalue weighted by atomic mass is 10.5. The zero-order chi connectivity index (χ0) is 10.8. The van der Waals surface area contributed by atoms with E-state index in [0.717, 1.165) is 23.8 Å². The molecule has 4 N–H and O–H groups in total. The van der Waals surface area contributed by atoms with E-state index >= 15 is 0 Å². The van der Waals surface area contributed by atoms with Gasteiger partial charge in [-0.1, -0.05) is 11.8 Å². The van der Waals surface area contributed by atoms with Gasteiger partial charge in [-0.05, 0) is 12.8 Å². The number of carbonyl (C=O) groups excluding carboxylic acids is 1. The van der Waals surface area contributed by atoms with Crippen LogP contribution in [-0.4, -0.2) is 26.4 Å². The quantitative estimate of drug-likeness (QED) is 0.670. The largest absolute Gasteiger partial charge is 0.369 e. The summed E-state index contributed by atoms with van der Waals surface area (Å²) >= 11 is 1.32. The van der Waals surface area contributed by atoms with Crippen molar-refractivity contribution in [3.8, 4) is 0 Å². The molecule has 2 rings (SSSR count). The van der Waals surface area contributed by atoms with Crippen molar-refractivity contribution in [1.29, 1.82) is 0 Å². The molecule has 0 saturated heterocycles. The summed E-state index contributed by atoms with van der Waals surface area (Å²) in [6.45, 7) is 0.376. The molecule has 1 aromatic heterocycles. The molecule has 15 heavy (non-hydrogen) atoms. The zero-order valence-electron chi connectivity index (χ0n) is 8.22. The summed E-state index contributed by atoms with van der Waals surface area (Å²) < 4.78 is 2.02. The molecule has 1 heterocycles. The van der Waals surface area contributed by atoms with Gasteiger partial charge in [0.15, 0.2) is 5.16 Å². The number of thioether (sulfide) groups is 1. The van der Waals surface area contributed by atoms with Gasteiger partial charge in [-0.3, -0.25) is 4.79 Å². The third kappa shape index (κ3) is 2.29. The van der Waals surface area contributed by atoms with Crippen molar-refractivity contribution in [2.75, 3.05) is 5.75 Å². The molecular formula is C8H13N5OS. The molecule has 1 aromatic rings. The Bertz CT molecular complexity index is 373. The van der Waals surface area contributed by atoms with Gasteiger partial charge in [-0.15, -0.1) is 10.2 Å². The predicted molar refractivity (Wildman–Crippen MR) is 56.1 cm³/mol. The van der Waals surface area contributed by atoms with Crippen LogP contribution in [0.3, 0.4) is 0 Å². The second-order valence-corrected chi connectivity index (χ2v) is 4.40. The number of hydrogen-bond acceptors (Lipinski definition) is 5. The Morgan fingerprint density at radius 3 is 2.80 bits per heavy atom. The summed E-state index contributed by atoms with van der Waals surface area (Å²) in [5.74, 6) is 0.666. The predicted octanol–water partition coefficient (Wildman–Crippen LogP) is -0.351. The summed E-state index contributed by atoms with van der Waals surface area (Å²) in [6, 6.07) is 0.467. The Labute approximate surface area is 91.4 Å². The van der Waals surface area contributed by atoms with Crippen molar-refractivity contribution in [3.05, 3.63) is 5.82 Å². The fraction of sp³-hybridized carbons (Fsp3) is 0.625. The molecule has 1 aliphatic rings. The fourth-order valence-electron chi connectivity index (χ4n) is 1.38. The number of aromatic nitrogens is 3. The number of rotatable bonds is 5. The Morgan fingerprint density at radius 1 is 1.53 bits per heavy atom. The Hall–Kier alpha value is -1.08. The maximum absolute atomic E-state index is 10.7. The van der Waals surface area contributed by atoms with Crippen molar-refractivity contribution >= 4 is 17.7 Å². The lowest BCUT2D eigenvalue weighted by Crippen LogP contribution is -2.14. The zero-order valence-corrected chi connectivity index (χ0v) is 9.04. The van der Waals surface area contributed by atoms with Crippen molar-refractivity contribution in [2.24, 2.45) is 11.5 Å². The number of nitrogens with two attached hydrogens (primary N) is 2. The first-order chi connectivity index (χ1) is 7.22. The van der Waals surface area contributed by atoms with Gasteiger partial charge in [0.1, 0.15) is 5.82 Å². The topological polar surface area (TPSA) is 99.8 Å². The first-order valence-corrected chi connectivity index (χ1v) is 5.76. The van der Waals surface area contributed by atoms with Gasteiger partial charge in [0.25, 0.3) is 0 Å². The van der Waals surface area contributed by atoms with E-state index in [2.05, 4.69) is 10.2 Å². The van der Waals surface area contributed by atoms with Gasteiger partial charge in [0, 0.05) is 6.04 Å². The molecule has 0 atom stereocenters. The first-order valence-electron chi connectivity index (χ1n) is 4.77. The molecule has 1 aliphatic carbocycles. The molecule has 1 fully saturated rings. The van der Waals surface area contributed by atoms with E-state index in [1.807, 2.05) is 4.57 Å². The maximum Gasteiger partial charge on any atom is 0.227 e. The minimum atomic E-state index is -0.348. The summed E-state index contributed by atoms with van der Waals surface area (Å²) in [5, 5.41) is 8.74. The smallest absolute Gasteiger partial charge is 0.227 e. The molecular weight excluding hydrogens is 214 g/mol. The maximum atomic E-state index is 10.7. The Morgan fingerprint density at radius 2 is 2.27 bits per heavy atom. The van der Waals surface area contributed by atoms with E-state index in [1.54, 1.807) is 0 Å². The number of primary amides is 1. The van der Waals surface area contributed by atoms with Crippen molar-refractivity contribution in [1.82, 2.24) is 14.8 Å². The van der Waals surface area contributed by atoms with Crippen LogP contribution in [0.5, 0.6) is 0 Å². The van der Waals surface area contributed by atoms with Gasteiger partial charge in [0.2, 0.25) is 5.91 Å². The molecule has 82 valence electrons.